The Hall–Kier alpha value is -8.24. The van der Waals surface area contributed by atoms with Crippen LogP contribution in [0.3, 0.4) is 0 Å². The molecule has 0 aromatic heterocycles. The Bertz CT molecular complexity index is 3430. The molecule has 9 unspecified atom stereocenters. The Labute approximate surface area is 531 Å². The number of amides is 8. The highest BCUT2D eigenvalue weighted by molar-refractivity contribution is 6.08. The Morgan fingerprint density at radius 2 is 0.582 bits per heavy atom. The van der Waals surface area contributed by atoms with Crippen molar-refractivity contribution >= 4 is 47.3 Å². The summed E-state index contributed by atoms with van der Waals surface area (Å²) in [5.41, 5.74) is 3.84. The minimum atomic E-state index is -0.475. The van der Waals surface area contributed by atoms with Crippen molar-refractivity contribution in [1.82, 2.24) is 42.5 Å². The van der Waals surface area contributed by atoms with Crippen LogP contribution in [0.15, 0.2) is 48.5 Å². The summed E-state index contributed by atoms with van der Waals surface area (Å²) in [5.74, 6) is -3.32. The summed E-state index contributed by atoms with van der Waals surface area (Å²) in [4.78, 5) is 117. The van der Waals surface area contributed by atoms with Crippen molar-refractivity contribution < 1.29 is 66.8 Å². The fourth-order valence-corrected chi connectivity index (χ4v) is 14.0. The molecule has 8 amide bonds. The molecule has 14 bridgehead atoms. The van der Waals surface area contributed by atoms with Crippen molar-refractivity contribution in [3.05, 3.63) is 115 Å². The van der Waals surface area contributed by atoms with Gasteiger partial charge in [-0.15, -0.1) is 0 Å². The van der Waals surface area contributed by atoms with Crippen LogP contribution in [0.2, 0.25) is 0 Å². The van der Waals surface area contributed by atoms with Crippen molar-refractivity contribution in [2.75, 3.05) is 53.9 Å². The SMILES string of the molecule is COc1c2cc(C)cc1C(=O)NC1CCCC(C1)NC(=O)c1cc(C)cc3c1OCCOCCOCCOc1c(cc(C)cc1C(=O)NC1CCCC(C1)NC(=O)c1cc(C)cc(c1OC)C(=O)NC1CCC(C)C(C1)NC3=O)C(=O)NC1CCCC(C1)NC2=O. The predicted molar refractivity (Wildman–Crippen MR) is 339 cm³/mol. The lowest BCUT2D eigenvalue weighted by Crippen LogP contribution is -2.49. The minimum absolute atomic E-state index is 0.00202. The molecule has 4 aromatic rings. The first-order chi connectivity index (χ1) is 43.8. The average Bonchev–Trinajstić information content (AvgIpc) is 1.64. The van der Waals surface area contributed by atoms with Crippen molar-refractivity contribution in [1.29, 1.82) is 0 Å². The second-order valence-corrected chi connectivity index (χ2v) is 25.6. The van der Waals surface area contributed by atoms with Crippen LogP contribution in [0, 0.1) is 33.6 Å². The molecule has 4 aliphatic carbocycles. The van der Waals surface area contributed by atoms with E-state index >= 15 is 0 Å². The molecule has 0 radical (unpaired) electrons. The third-order valence-corrected chi connectivity index (χ3v) is 18.5. The van der Waals surface area contributed by atoms with Crippen molar-refractivity contribution in [3.8, 4) is 23.0 Å². The van der Waals surface area contributed by atoms with Crippen LogP contribution in [0.4, 0.5) is 0 Å². The highest BCUT2D eigenvalue weighted by Gasteiger charge is 2.36. The number of hydrogen-bond acceptors (Lipinski definition) is 14. The van der Waals surface area contributed by atoms with Crippen molar-refractivity contribution in [2.24, 2.45) is 5.92 Å². The number of nitrogens with one attached hydrogen (secondary N) is 8. The molecule has 6 aliphatic rings. The normalized spacial score (nSPS) is 26.1. The van der Waals surface area contributed by atoms with Crippen LogP contribution in [0.1, 0.15) is 208 Å². The van der Waals surface area contributed by atoms with E-state index in [1.54, 1.807) is 76.2 Å². The topological polar surface area (TPSA) is 288 Å². The monoisotopic (exact) mass is 1250 g/mol. The first kappa shape index (κ1) is 65.7. The lowest BCUT2D eigenvalue weighted by molar-refractivity contribution is 0.0269. The lowest BCUT2D eigenvalue weighted by atomic mass is 9.82. The first-order valence-electron chi connectivity index (χ1n) is 32.4. The molecule has 2 heterocycles. The molecule has 22 nitrogen and oxygen atoms in total. The maximum Gasteiger partial charge on any atom is 0.255 e. The van der Waals surface area contributed by atoms with Crippen LogP contribution in [0.5, 0.6) is 23.0 Å². The number of carbonyl (C=O) groups excluding carboxylic acids is 8. The molecule has 9 atom stereocenters. The van der Waals surface area contributed by atoms with Crippen molar-refractivity contribution in [2.45, 2.75) is 179 Å². The minimum Gasteiger partial charge on any atom is -0.495 e. The number of carbonyl (C=O) groups is 8. The van der Waals surface area contributed by atoms with Gasteiger partial charge in [0, 0.05) is 48.3 Å². The van der Waals surface area contributed by atoms with Gasteiger partial charge in [-0.3, -0.25) is 38.4 Å². The molecule has 91 heavy (non-hydrogen) atoms. The summed E-state index contributed by atoms with van der Waals surface area (Å²) in [6.45, 7) is 9.53. The standard InChI is InChI=1S/C69H88N8O14/c1-37-25-49-58(86-6)50(26-37)63(79)71-44-13-10-16-47(35-44)75-68(84)55-31-40(4)32-56-61(55)91-24-22-89-20-19-88-21-23-90-60-53(66(82)73-45-14-8-11-42(33-45)70-62(49)78)29-39(3)30-54(60)67(83)74-46-15-9-12-43(34-46)72-64(80)51-27-38(2)28-52(59(51)87-7)65(81)76-48-18-17-41(5)57(36-48)77-69(56)85/h25-32,41-48,57H,8-24,33-36H2,1-7H3,(H,70,78)(H,71,79)(H,72,80)(H,73,82)(H,74,83)(H,75,84)(H,76,81)(H,77,85). The van der Waals surface area contributed by atoms with E-state index in [0.717, 1.165) is 0 Å². The Morgan fingerprint density at radius 1 is 0.330 bits per heavy atom. The van der Waals surface area contributed by atoms with E-state index in [-0.39, 0.29) is 155 Å². The molecule has 4 saturated carbocycles. The number of benzene rings is 4. The molecule has 0 saturated heterocycles. The fourth-order valence-electron chi connectivity index (χ4n) is 14.0. The van der Waals surface area contributed by atoms with E-state index in [1.807, 2.05) is 6.92 Å². The van der Waals surface area contributed by atoms with E-state index in [0.29, 0.717) is 119 Å². The van der Waals surface area contributed by atoms with Gasteiger partial charge in [0.1, 0.15) is 36.2 Å². The van der Waals surface area contributed by atoms with Crippen LogP contribution in [-0.4, -0.2) is 149 Å². The van der Waals surface area contributed by atoms with Gasteiger partial charge in [-0.05, 0) is 201 Å². The lowest BCUT2D eigenvalue weighted by Gasteiger charge is -2.35. The molecule has 8 N–H and O–H groups in total. The van der Waals surface area contributed by atoms with Gasteiger partial charge in [0.05, 0.1) is 85.2 Å². The quantitative estimate of drug-likeness (QED) is 0.0923. The molecular weight excluding hydrogens is 1160 g/mol. The summed E-state index contributed by atoms with van der Waals surface area (Å²) >= 11 is 0. The van der Waals surface area contributed by atoms with Gasteiger partial charge in [-0.1, -0.05) is 6.92 Å². The second-order valence-electron chi connectivity index (χ2n) is 25.6. The van der Waals surface area contributed by atoms with Crippen LogP contribution in [0.25, 0.3) is 0 Å². The smallest absolute Gasteiger partial charge is 0.255 e. The zero-order chi connectivity index (χ0) is 64.5. The van der Waals surface area contributed by atoms with E-state index < -0.39 is 53.3 Å². The summed E-state index contributed by atoms with van der Waals surface area (Å²) in [5, 5.41) is 25.5. The van der Waals surface area contributed by atoms with Gasteiger partial charge in [-0.2, -0.15) is 0 Å². The summed E-state index contributed by atoms with van der Waals surface area (Å²) < 4.78 is 36.5. The molecule has 0 spiro atoms. The van der Waals surface area contributed by atoms with Gasteiger partial charge in [0.15, 0.2) is 0 Å². The van der Waals surface area contributed by atoms with Gasteiger partial charge < -0.3 is 71.0 Å². The average molecular weight is 1250 g/mol. The molecule has 2 aliphatic heterocycles. The third-order valence-electron chi connectivity index (χ3n) is 18.5. The largest absolute Gasteiger partial charge is 0.495 e. The Kier molecular flexibility index (Phi) is 21.5. The van der Waals surface area contributed by atoms with E-state index in [1.165, 1.54) is 14.2 Å². The number of fused-ring (bicyclic) bond motifs is 21. The van der Waals surface area contributed by atoms with Gasteiger partial charge in [0.2, 0.25) is 0 Å². The van der Waals surface area contributed by atoms with E-state index in [2.05, 4.69) is 42.5 Å². The summed E-state index contributed by atoms with van der Waals surface area (Å²) in [6, 6.07) is 10.4. The maximum absolute atomic E-state index is 14.8. The van der Waals surface area contributed by atoms with Crippen LogP contribution < -0.4 is 61.5 Å². The number of ether oxygens (including phenoxy) is 6. The zero-order valence-corrected chi connectivity index (χ0v) is 53.4. The van der Waals surface area contributed by atoms with Crippen molar-refractivity contribution in [3.63, 3.8) is 0 Å². The van der Waals surface area contributed by atoms with E-state index in [9.17, 15) is 38.4 Å². The summed E-state index contributed by atoms with van der Waals surface area (Å²) in [7, 11) is 2.84. The molecule has 4 aromatic carbocycles. The second kappa shape index (κ2) is 29.8. The van der Waals surface area contributed by atoms with Crippen LogP contribution in [-0.2, 0) is 9.47 Å². The predicted octanol–water partition coefficient (Wildman–Crippen LogP) is 7.19. The molecular formula is C69H88N8O14. The fraction of sp³-hybridized carbons (Fsp3) is 0.536. The Morgan fingerprint density at radius 3 is 0.879 bits per heavy atom. The number of methoxy groups -OCH3 is 2. The van der Waals surface area contributed by atoms with Gasteiger partial charge in [-0.25, -0.2) is 0 Å². The molecule has 22 heteroatoms. The number of rotatable bonds is 2. The molecule has 10 rings (SSSR count). The highest BCUT2D eigenvalue weighted by atomic mass is 16.6. The Balaban J connectivity index is 1.01. The molecule has 488 valence electrons. The van der Waals surface area contributed by atoms with Gasteiger partial charge >= 0.3 is 0 Å². The van der Waals surface area contributed by atoms with E-state index in [4.69, 9.17) is 28.4 Å². The summed E-state index contributed by atoms with van der Waals surface area (Å²) in [6.07, 6.45) is 8.64. The highest BCUT2D eigenvalue weighted by Crippen LogP contribution is 2.35. The van der Waals surface area contributed by atoms with Gasteiger partial charge in [0.25, 0.3) is 47.3 Å². The number of aryl methyl sites for hydroxylation is 4. The van der Waals surface area contributed by atoms with Crippen LogP contribution >= 0.6 is 0 Å². The first-order valence-corrected chi connectivity index (χ1v) is 32.4. The maximum atomic E-state index is 14.8. The molecule has 4 fully saturated rings. The number of hydrogen-bond donors (Lipinski definition) is 8. The zero-order valence-electron chi connectivity index (χ0n) is 53.4. The third kappa shape index (κ3) is 16.1.